The molecule has 1 aromatic heterocycles. The molecule has 0 amide bonds. The van der Waals surface area contributed by atoms with E-state index in [1.165, 1.54) is 11.1 Å². The Morgan fingerprint density at radius 1 is 1.06 bits per heavy atom. The lowest BCUT2D eigenvalue weighted by atomic mass is 10.1. The average Bonchev–Trinajstić information content (AvgIpc) is 2.78. The van der Waals surface area contributed by atoms with E-state index >= 15 is 0 Å². The lowest BCUT2D eigenvalue weighted by Gasteiger charge is -2.37. The number of piperazine rings is 1. The molecule has 0 bridgehead atoms. The molecule has 2 heterocycles. The van der Waals surface area contributed by atoms with Gasteiger partial charge >= 0.3 is 0 Å². The summed E-state index contributed by atoms with van der Waals surface area (Å²) in [6.45, 7) is 12.9. The predicted octanol–water partition coefficient (Wildman–Crippen LogP) is 3.83. The molecule has 0 aliphatic carbocycles. The Morgan fingerprint density at radius 3 is 2.35 bits per heavy atom. The zero-order chi connectivity index (χ0) is 21.3. The highest BCUT2D eigenvalue weighted by Crippen LogP contribution is 2.15. The molecule has 1 aromatic carbocycles. The summed E-state index contributed by atoms with van der Waals surface area (Å²) in [7, 11) is 2.18. The van der Waals surface area contributed by atoms with E-state index in [1.807, 2.05) is 18.3 Å². The zero-order valence-electron chi connectivity index (χ0n) is 19.3. The van der Waals surface area contributed by atoms with Gasteiger partial charge in [-0.15, -0.1) is 24.0 Å². The second-order valence-corrected chi connectivity index (χ2v) is 8.11. The van der Waals surface area contributed by atoms with Crippen LogP contribution in [0.5, 0.6) is 0 Å². The molecule has 6 nitrogen and oxygen atoms in total. The molecule has 0 atom stereocenters. The van der Waals surface area contributed by atoms with Gasteiger partial charge in [-0.3, -0.25) is 4.90 Å². The highest BCUT2D eigenvalue weighted by Gasteiger charge is 2.20. The van der Waals surface area contributed by atoms with Crippen molar-refractivity contribution in [3.63, 3.8) is 0 Å². The minimum Gasteiger partial charge on any atom is -0.357 e. The van der Waals surface area contributed by atoms with Gasteiger partial charge in [-0.05, 0) is 51.1 Å². The van der Waals surface area contributed by atoms with Crippen molar-refractivity contribution in [1.82, 2.24) is 20.1 Å². The molecule has 0 saturated carbocycles. The van der Waals surface area contributed by atoms with Crippen molar-refractivity contribution in [3.05, 3.63) is 59.8 Å². The van der Waals surface area contributed by atoms with Gasteiger partial charge in [0.15, 0.2) is 5.96 Å². The number of aromatic nitrogens is 1. The first-order valence-corrected chi connectivity index (χ1v) is 11.0. The number of hydrogen-bond donors (Lipinski definition) is 1. The summed E-state index contributed by atoms with van der Waals surface area (Å²) in [5.74, 6) is 2.06. The molecule has 1 aliphatic rings. The smallest absolute Gasteiger partial charge is 0.194 e. The third-order valence-electron chi connectivity index (χ3n) is 5.71. The monoisotopic (exact) mass is 536 g/mol. The molecule has 1 saturated heterocycles. The molecule has 170 valence electrons. The molecular weight excluding hydrogens is 499 g/mol. The first-order valence-electron chi connectivity index (χ1n) is 11.0. The summed E-state index contributed by atoms with van der Waals surface area (Å²) in [5, 5.41) is 3.49. The number of aliphatic imine (C=N–C) groups is 1. The molecule has 1 aliphatic heterocycles. The van der Waals surface area contributed by atoms with Gasteiger partial charge in [0.2, 0.25) is 0 Å². The molecule has 3 rings (SSSR count). The van der Waals surface area contributed by atoms with Crippen molar-refractivity contribution in [1.29, 1.82) is 0 Å². The van der Waals surface area contributed by atoms with Crippen LogP contribution in [0.15, 0.2) is 53.7 Å². The van der Waals surface area contributed by atoms with Crippen molar-refractivity contribution in [2.75, 3.05) is 44.7 Å². The fraction of sp³-hybridized carbons (Fsp3) is 0.500. The predicted molar refractivity (Wildman–Crippen MR) is 141 cm³/mol. The summed E-state index contributed by atoms with van der Waals surface area (Å²) < 4.78 is 0. The molecular formula is C24H37IN6. The highest BCUT2D eigenvalue weighted by molar-refractivity contribution is 14.0. The van der Waals surface area contributed by atoms with Crippen molar-refractivity contribution >= 4 is 35.8 Å². The van der Waals surface area contributed by atoms with Crippen LogP contribution in [0.1, 0.15) is 31.9 Å². The number of anilines is 1. The number of pyridine rings is 1. The maximum atomic E-state index is 5.00. The molecule has 1 fully saturated rings. The molecule has 1 N–H and O–H groups in total. The molecule has 0 spiro atoms. The molecule has 2 aromatic rings. The zero-order valence-corrected chi connectivity index (χ0v) is 21.6. The second-order valence-electron chi connectivity index (χ2n) is 8.11. The Labute approximate surface area is 204 Å². The maximum absolute atomic E-state index is 5.00. The summed E-state index contributed by atoms with van der Waals surface area (Å²) in [5.41, 5.74) is 2.65. The quantitative estimate of drug-likeness (QED) is 0.331. The summed E-state index contributed by atoms with van der Waals surface area (Å²) in [4.78, 5) is 16.6. The third kappa shape index (κ3) is 7.35. The van der Waals surface area contributed by atoms with Gasteiger partial charge in [-0.25, -0.2) is 9.98 Å². The minimum atomic E-state index is 0. The minimum absolute atomic E-state index is 0. The van der Waals surface area contributed by atoms with Crippen LogP contribution in [0.4, 0.5) is 5.82 Å². The Morgan fingerprint density at radius 2 is 1.74 bits per heavy atom. The second kappa shape index (κ2) is 12.9. The molecule has 0 unspecified atom stereocenters. The Balaban J connectivity index is 0.00000341. The number of guanidine groups is 1. The summed E-state index contributed by atoms with van der Waals surface area (Å²) >= 11 is 0. The van der Waals surface area contributed by atoms with Crippen LogP contribution in [0, 0.1) is 0 Å². The van der Waals surface area contributed by atoms with Crippen molar-refractivity contribution < 1.29 is 0 Å². The van der Waals surface area contributed by atoms with Crippen LogP contribution in [-0.2, 0) is 13.1 Å². The number of rotatable bonds is 7. The number of nitrogens with zero attached hydrogens (tertiary/aromatic N) is 5. The third-order valence-corrected chi connectivity index (χ3v) is 5.71. The van der Waals surface area contributed by atoms with E-state index in [9.17, 15) is 0 Å². The van der Waals surface area contributed by atoms with Crippen molar-refractivity contribution in [2.45, 2.75) is 39.9 Å². The fourth-order valence-electron chi connectivity index (χ4n) is 3.59. The van der Waals surface area contributed by atoms with E-state index in [0.717, 1.165) is 51.0 Å². The number of benzene rings is 1. The number of halogens is 1. The van der Waals surface area contributed by atoms with E-state index in [2.05, 4.69) is 83.2 Å². The molecule has 31 heavy (non-hydrogen) atoms. The lowest BCUT2D eigenvalue weighted by Crippen LogP contribution is -2.52. The van der Waals surface area contributed by atoms with Crippen LogP contribution in [-0.4, -0.2) is 66.6 Å². The van der Waals surface area contributed by atoms with Gasteiger partial charge in [0.05, 0.1) is 6.54 Å². The van der Waals surface area contributed by atoms with Crippen LogP contribution < -0.4 is 10.2 Å². The van der Waals surface area contributed by atoms with E-state index in [0.29, 0.717) is 12.6 Å². The van der Waals surface area contributed by atoms with Gasteiger partial charge in [0.1, 0.15) is 5.82 Å². The number of nitrogens with one attached hydrogen (secondary N) is 1. The van der Waals surface area contributed by atoms with Gasteiger partial charge in [-0.2, -0.15) is 0 Å². The SMILES string of the molecule is CCNC(=NCc1ccccc1CN(C)C(C)C)N1CCN(c2ccccn2)CC1.I. The van der Waals surface area contributed by atoms with Gasteiger partial charge in [-0.1, -0.05) is 30.3 Å². The van der Waals surface area contributed by atoms with Crippen molar-refractivity contribution in [3.8, 4) is 0 Å². The fourth-order valence-corrected chi connectivity index (χ4v) is 3.59. The Hall–Kier alpha value is -1.87. The standard InChI is InChI=1S/C24H36N6.HI/c1-5-25-24(30-16-14-29(15-17-30)23-12-8-9-13-26-23)27-18-21-10-6-7-11-22(21)19-28(4)20(2)3;/h6-13,20H,5,14-19H2,1-4H3,(H,25,27);1H. The largest absolute Gasteiger partial charge is 0.357 e. The Bertz CT molecular complexity index is 803. The van der Waals surface area contributed by atoms with Gasteiger partial charge < -0.3 is 15.1 Å². The number of hydrogen-bond acceptors (Lipinski definition) is 4. The van der Waals surface area contributed by atoms with Gasteiger partial charge in [0.25, 0.3) is 0 Å². The van der Waals surface area contributed by atoms with E-state index < -0.39 is 0 Å². The summed E-state index contributed by atoms with van der Waals surface area (Å²) in [6.07, 6.45) is 1.86. The van der Waals surface area contributed by atoms with Crippen LogP contribution in [0.25, 0.3) is 0 Å². The van der Waals surface area contributed by atoms with Crippen LogP contribution >= 0.6 is 24.0 Å². The molecule has 0 radical (unpaired) electrons. The van der Waals surface area contributed by atoms with Gasteiger partial charge in [0, 0.05) is 51.5 Å². The Kier molecular flexibility index (Phi) is 10.5. The van der Waals surface area contributed by atoms with E-state index in [4.69, 9.17) is 4.99 Å². The first-order chi connectivity index (χ1) is 14.6. The average molecular weight is 537 g/mol. The van der Waals surface area contributed by atoms with E-state index in [1.54, 1.807) is 0 Å². The normalized spacial score (nSPS) is 14.7. The first kappa shape index (κ1) is 25.4. The van der Waals surface area contributed by atoms with Crippen LogP contribution in [0.3, 0.4) is 0 Å². The molecule has 7 heteroatoms. The topological polar surface area (TPSA) is 47.0 Å². The lowest BCUT2D eigenvalue weighted by molar-refractivity contribution is 0.265. The maximum Gasteiger partial charge on any atom is 0.194 e. The van der Waals surface area contributed by atoms with Crippen molar-refractivity contribution in [2.24, 2.45) is 4.99 Å². The summed E-state index contributed by atoms with van der Waals surface area (Å²) in [6, 6.07) is 15.3. The highest BCUT2D eigenvalue weighted by atomic mass is 127. The van der Waals surface area contributed by atoms with Crippen LogP contribution in [0.2, 0.25) is 0 Å². The van der Waals surface area contributed by atoms with E-state index in [-0.39, 0.29) is 24.0 Å².